The third kappa shape index (κ3) is 4.51. The summed E-state index contributed by atoms with van der Waals surface area (Å²) in [5.41, 5.74) is 7.05. The van der Waals surface area contributed by atoms with Crippen LogP contribution in [0.25, 0.3) is 39.1 Å². The number of carbonyl (C=O) groups is 1. The summed E-state index contributed by atoms with van der Waals surface area (Å²) >= 11 is 0. The van der Waals surface area contributed by atoms with Crippen molar-refractivity contribution in [2.24, 2.45) is 5.41 Å². The zero-order chi connectivity index (χ0) is 29.1. The normalized spacial score (nSPS) is 15.1. The van der Waals surface area contributed by atoms with Gasteiger partial charge in [0.1, 0.15) is 5.76 Å². The molecule has 1 aliphatic rings. The molecule has 0 fully saturated rings. The van der Waals surface area contributed by atoms with Gasteiger partial charge in [-0.2, -0.15) is 0 Å². The number of benzene rings is 3. The molecule has 0 amide bonds. The van der Waals surface area contributed by atoms with Gasteiger partial charge >= 0.3 is 0 Å². The molecule has 0 spiro atoms. The lowest BCUT2D eigenvalue weighted by molar-refractivity contribution is -0.116. The van der Waals surface area contributed by atoms with Gasteiger partial charge in [0.25, 0.3) is 5.56 Å². The van der Waals surface area contributed by atoms with Gasteiger partial charge in [0.15, 0.2) is 5.78 Å². The van der Waals surface area contributed by atoms with Crippen LogP contribution < -0.4 is 5.56 Å². The molecule has 5 heteroatoms. The van der Waals surface area contributed by atoms with E-state index < -0.39 is 0 Å². The SMILES string of the molecule is Cc1ccc(-n2c(C)cc3c(c(C4=C(O)CC(C)(C)CC4=O)c(-c4ccccc4)n3-c3ccc(C)cc3)c2=O)cc1. The van der Waals surface area contributed by atoms with Crippen molar-refractivity contribution in [3.8, 4) is 22.6 Å². The number of aliphatic hydroxyl groups is 1. The number of ketones is 1. The molecule has 0 unspecified atom stereocenters. The smallest absolute Gasteiger partial charge is 0.265 e. The number of hydrogen-bond donors (Lipinski definition) is 1. The molecule has 5 nitrogen and oxygen atoms in total. The third-order valence-corrected chi connectivity index (χ3v) is 8.06. The first-order chi connectivity index (χ1) is 19.6. The van der Waals surface area contributed by atoms with Gasteiger partial charge in [-0.15, -0.1) is 0 Å². The lowest BCUT2D eigenvalue weighted by Crippen LogP contribution is -2.26. The summed E-state index contributed by atoms with van der Waals surface area (Å²) in [4.78, 5) is 28.5. The molecule has 1 N–H and O–H groups in total. The number of aliphatic hydroxyl groups excluding tert-OH is 1. The predicted octanol–water partition coefficient (Wildman–Crippen LogP) is 8.03. The standard InChI is InChI=1S/C36H34N2O3/c1-22-11-15-26(16-12-22)37-24(3)19-28-31(35(37)41)33(32-29(39)20-36(4,5)21-30(32)40)34(25-9-7-6-8-10-25)38(28)27-17-13-23(2)14-18-27/h6-19,39H,20-21H2,1-5H3. The van der Waals surface area contributed by atoms with Crippen LogP contribution in [0.2, 0.25) is 0 Å². The van der Waals surface area contributed by atoms with E-state index in [-0.39, 0.29) is 34.5 Å². The van der Waals surface area contributed by atoms with E-state index in [1.165, 1.54) is 0 Å². The van der Waals surface area contributed by atoms with E-state index in [4.69, 9.17) is 0 Å². The fourth-order valence-corrected chi connectivity index (χ4v) is 6.14. The zero-order valence-corrected chi connectivity index (χ0v) is 24.2. The maximum atomic E-state index is 14.7. The van der Waals surface area contributed by atoms with Crippen LogP contribution >= 0.6 is 0 Å². The number of nitrogens with zero attached hydrogens (tertiary/aromatic N) is 2. The van der Waals surface area contributed by atoms with Crippen molar-refractivity contribution in [1.82, 2.24) is 9.13 Å². The van der Waals surface area contributed by atoms with E-state index >= 15 is 0 Å². The summed E-state index contributed by atoms with van der Waals surface area (Å²) in [6, 6.07) is 27.8. The average molecular weight is 543 g/mol. The minimum Gasteiger partial charge on any atom is -0.512 e. The zero-order valence-electron chi connectivity index (χ0n) is 24.2. The molecule has 0 radical (unpaired) electrons. The first-order valence-electron chi connectivity index (χ1n) is 14.0. The van der Waals surface area contributed by atoms with Crippen molar-refractivity contribution in [1.29, 1.82) is 0 Å². The van der Waals surface area contributed by atoms with Gasteiger partial charge in [-0.05, 0) is 62.1 Å². The Kier molecular flexibility index (Phi) is 6.33. The Morgan fingerprint density at radius 1 is 0.732 bits per heavy atom. The first kappa shape index (κ1) is 26.6. The molecule has 0 aliphatic heterocycles. The van der Waals surface area contributed by atoms with E-state index in [1.807, 2.05) is 120 Å². The summed E-state index contributed by atoms with van der Waals surface area (Å²) in [6.45, 7) is 9.95. The van der Waals surface area contributed by atoms with Crippen molar-refractivity contribution >= 4 is 22.3 Å². The predicted molar refractivity (Wildman–Crippen MR) is 166 cm³/mol. The van der Waals surface area contributed by atoms with Crippen LogP contribution in [-0.4, -0.2) is 20.0 Å². The monoisotopic (exact) mass is 542 g/mol. The molecular formula is C36H34N2O3. The van der Waals surface area contributed by atoms with E-state index in [2.05, 4.69) is 4.57 Å². The van der Waals surface area contributed by atoms with E-state index in [1.54, 1.807) is 4.57 Å². The number of aryl methyl sites for hydroxylation is 3. The van der Waals surface area contributed by atoms with E-state index in [0.29, 0.717) is 22.9 Å². The maximum Gasteiger partial charge on any atom is 0.265 e. The lowest BCUT2D eigenvalue weighted by Gasteiger charge is -2.30. The molecule has 0 saturated carbocycles. The second-order valence-electron chi connectivity index (χ2n) is 12.0. The van der Waals surface area contributed by atoms with Crippen molar-refractivity contribution < 1.29 is 9.90 Å². The molecule has 1 aliphatic carbocycles. The van der Waals surface area contributed by atoms with Crippen LogP contribution in [0.4, 0.5) is 0 Å². The third-order valence-electron chi connectivity index (χ3n) is 8.06. The number of aromatic nitrogens is 2. The Morgan fingerprint density at radius 3 is 1.85 bits per heavy atom. The molecule has 2 heterocycles. The van der Waals surface area contributed by atoms with Crippen LogP contribution in [-0.2, 0) is 4.79 Å². The summed E-state index contributed by atoms with van der Waals surface area (Å²) in [6.07, 6.45) is 0.646. The number of Topliss-reactive ketones (excluding diaryl/α,β-unsaturated/α-hetero) is 1. The van der Waals surface area contributed by atoms with Gasteiger partial charge in [0.05, 0.1) is 22.2 Å². The largest absolute Gasteiger partial charge is 0.512 e. The number of pyridine rings is 1. The molecule has 0 saturated heterocycles. The highest BCUT2D eigenvalue weighted by molar-refractivity contribution is 6.27. The van der Waals surface area contributed by atoms with E-state index in [0.717, 1.165) is 39.5 Å². The highest BCUT2D eigenvalue weighted by atomic mass is 16.3. The first-order valence-corrected chi connectivity index (χ1v) is 14.0. The van der Waals surface area contributed by atoms with Crippen LogP contribution in [0.1, 0.15) is 49.1 Å². The number of fused-ring (bicyclic) bond motifs is 1. The van der Waals surface area contributed by atoms with Crippen LogP contribution in [0.15, 0.2) is 95.5 Å². The highest BCUT2D eigenvalue weighted by Crippen LogP contribution is 2.46. The van der Waals surface area contributed by atoms with Crippen LogP contribution in [0, 0.1) is 26.2 Å². The molecule has 206 valence electrons. The summed E-state index contributed by atoms with van der Waals surface area (Å²) in [7, 11) is 0. The minimum absolute atomic E-state index is 0.0354. The number of hydrogen-bond acceptors (Lipinski definition) is 3. The van der Waals surface area contributed by atoms with Gasteiger partial charge in [0, 0.05) is 35.5 Å². The van der Waals surface area contributed by atoms with Crippen molar-refractivity contribution in [2.45, 2.75) is 47.5 Å². The highest BCUT2D eigenvalue weighted by Gasteiger charge is 2.38. The Bertz CT molecular complexity index is 1900. The Hall–Kier alpha value is -4.64. The molecule has 2 aromatic heterocycles. The molecule has 0 bridgehead atoms. The van der Waals surface area contributed by atoms with Crippen molar-refractivity contribution in [3.63, 3.8) is 0 Å². The lowest BCUT2D eigenvalue weighted by atomic mass is 9.74. The van der Waals surface area contributed by atoms with Crippen LogP contribution in [0.3, 0.4) is 0 Å². The minimum atomic E-state index is -0.369. The number of allylic oxidation sites excluding steroid dienone is 2. The summed E-state index contributed by atoms with van der Waals surface area (Å²) in [5, 5.41) is 11.9. The van der Waals surface area contributed by atoms with E-state index in [9.17, 15) is 14.7 Å². The van der Waals surface area contributed by atoms with Crippen LogP contribution in [0.5, 0.6) is 0 Å². The summed E-state index contributed by atoms with van der Waals surface area (Å²) in [5.74, 6) is -0.117. The maximum absolute atomic E-state index is 14.7. The molecule has 5 aromatic rings. The van der Waals surface area contributed by atoms with Gasteiger partial charge in [-0.1, -0.05) is 79.6 Å². The quantitative estimate of drug-likeness (QED) is 0.250. The average Bonchev–Trinajstić information content (AvgIpc) is 3.24. The molecule has 3 aromatic carbocycles. The van der Waals surface area contributed by atoms with Crippen molar-refractivity contribution in [2.75, 3.05) is 0 Å². The topological polar surface area (TPSA) is 64.2 Å². The second-order valence-corrected chi connectivity index (χ2v) is 12.0. The second kappa shape index (κ2) is 9.77. The van der Waals surface area contributed by atoms with Gasteiger partial charge < -0.3 is 9.67 Å². The van der Waals surface area contributed by atoms with Gasteiger partial charge in [-0.25, -0.2) is 0 Å². The fourth-order valence-electron chi connectivity index (χ4n) is 6.14. The Labute approximate surface area is 240 Å². The Morgan fingerprint density at radius 2 is 1.29 bits per heavy atom. The molecule has 0 atom stereocenters. The molecule has 41 heavy (non-hydrogen) atoms. The van der Waals surface area contributed by atoms with Gasteiger partial charge in [-0.3, -0.25) is 14.2 Å². The van der Waals surface area contributed by atoms with Gasteiger partial charge in [0.2, 0.25) is 0 Å². The van der Waals surface area contributed by atoms with Crippen molar-refractivity contribution in [3.05, 3.63) is 123 Å². The summed E-state index contributed by atoms with van der Waals surface area (Å²) < 4.78 is 3.77. The Balaban J connectivity index is 1.83. The molecule has 6 rings (SSSR count). The fraction of sp³-hybridized carbons (Fsp3) is 0.222. The number of carbonyl (C=O) groups excluding carboxylic acids is 1. The number of rotatable bonds is 4. The molecular weight excluding hydrogens is 508 g/mol.